The lowest BCUT2D eigenvalue weighted by Crippen LogP contribution is -2.42. The summed E-state index contributed by atoms with van der Waals surface area (Å²) in [6.07, 6.45) is 1.44. The summed E-state index contributed by atoms with van der Waals surface area (Å²) in [5, 5.41) is 44.1. The molecule has 0 amide bonds. The Bertz CT molecular complexity index is 1360. The maximum Gasteiger partial charge on any atom is 0.336 e. The van der Waals surface area contributed by atoms with E-state index in [0.29, 0.717) is 36.2 Å². The lowest BCUT2D eigenvalue weighted by molar-refractivity contribution is -0.170. The van der Waals surface area contributed by atoms with Crippen LogP contribution in [-0.2, 0) is 14.4 Å². The predicted molar refractivity (Wildman–Crippen MR) is 151 cm³/mol. The van der Waals surface area contributed by atoms with Gasteiger partial charge in [-0.15, -0.1) is 0 Å². The van der Waals surface area contributed by atoms with Crippen molar-refractivity contribution in [1.29, 1.82) is 0 Å². The normalized spacial score (nSPS) is 18.9. The fourth-order valence-electron chi connectivity index (χ4n) is 5.18. The SMILES string of the molecule is CCOc1cc2c(cc1OC)C(c1cnc(OC)c(OC)c1)=N[C@@H]1CC[C@@H](O)C[C@H]21.O=C(O)CC(O)(CC(=O)O)C(=O)O. The van der Waals surface area contributed by atoms with Crippen molar-refractivity contribution in [3.63, 3.8) is 0 Å². The number of pyridine rings is 1. The summed E-state index contributed by atoms with van der Waals surface area (Å²) >= 11 is 0. The third-order valence-corrected chi connectivity index (χ3v) is 7.16. The largest absolute Gasteiger partial charge is 0.493 e. The van der Waals surface area contributed by atoms with E-state index in [4.69, 9.17) is 44.4 Å². The van der Waals surface area contributed by atoms with Crippen LogP contribution in [0.4, 0.5) is 0 Å². The number of aliphatic hydroxyl groups excluding tert-OH is 1. The number of rotatable bonds is 11. The first-order valence-corrected chi connectivity index (χ1v) is 13.5. The topological polar surface area (TPSA) is 215 Å². The molecule has 2 aliphatic rings. The van der Waals surface area contributed by atoms with Gasteiger partial charge in [0.1, 0.15) is 0 Å². The van der Waals surface area contributed by atoms with Crippen molar-refractivity contribution < 1.29 is 58.9 Å². The Hall–Kier alpha value is -4.43. The number of carbonyl (C=O) groups is 3. The third-order valence-electron chi connectivity index (χ3n) is 7.16. The molecule has 4 rings (SSSR count). The molecule has 2 aromatic rings. The van der Waals surface area contributed by atoms with Gasteiger partial charge in [0.05, 0.1) is 58.6 Å². The number of hydrogen-bond donors (Lipinski definition) is 5. The molecule has 0 unspecified atom stereocenters. The number of aromatic nitrogens is 1. The Balaban J connectivity index is 0.000000331. The van der Waals surface area contributed by atoms with Crippen molar-refractivity contribution in [1.82, 2.24) is 4.98 Å². The number of carboxylic acids is 3. The van der Waals surface area contributed by atoms with Crippen LogP contribution in [0.3, 0.4) is 0 Å². The highest BCUT2D eigenvalue weighted by molar-refractivity contribution is 6.15. The number of carboxylic acid groups (broad SMARTS) is 3. The molecule has 234 valence electrons. The number of nitrogens with zero attached hydrogens (tertiary/aromatic N) is 2. The second-order valence-electron chi connectivity index (χ2n) is 10.1. The van der Waals surface area contributed by atoms with Crippen LogP contribution in [-0.4, -0.2) is 99.8 Å². The second-order valence-corrected chi connectivity index (χ2v) is 10.1. The number of aliphatic hydroxyl groups is 2. The maximum absolute atomic E-state index is 10.3. The number of methoxy groups -OCH3 is 3. The fraction of sp³-hybridized carbons (Fsp3) is 0.483. The molecule has 14 heteroatoms. The van der Waals surface area contributed by atoms with Gasteiger partial charge in [0.2, 0.25) is 0 Å². The highest BCUT2D eigenvalue weighted by Gasteiger charge is 2.41. The van der Waals surface area contributed by atoms with E-state index in [1.54, 1.807) is 27.5 Å². The van der Waals surface area contributed by atoms with Crippen LogP contribution < -0.4 is 18.9 Å². The molecule has 2 heterocycles. The van der Waals surface area contributed by atoms with Crippen molar-refractivity contribution in [3.8, 4) is 23.1 Å². The molecule has 1 fully saturated rings. The van der Waals surface area contributed by atoms with Gasteiger partial charge in [-0.05, 0) is 49.9 Å². The molecule has 43 heavy (non-hydrogen) atoms. The summed E-state index contributed by atoms with van der Waals surface area (Å²) < 4.78 is 22.2. The van der Waals surface area contributed by atoms with Crippen LogP contribution in [0.5, 0.6) is 23.1 Å². The summed E-state index contributed by atoms with van der Waals surface area (Å²) in [4.78, 5) is 40.0. The van der Waals surface area contributed by atoms with Crippen molar-refractivity contribution in [2.75, 3.05) is 27.9 Å². The van der Waals surface area contributed by atoms with Gasteiger partial charge < -0.3 is 44.5 Å². The van der Waals surface area contributed by atoms with E-state index in [-0.39, 0.29) is 18.1 Å². The van der Waals surface area contributed by atoms with Gasteiger partial charge in [-0.3, -0.25) is 14.6 Å². The van der Waals surface area contributed by atoms with Crippen LogP contribution in [0.15, 0.2) is 29.4 Å². The molecule has 1 aromatic carbocycles. The number of ether oxygens (including phenoxy) is 4. The Morgan fingerprint density at radius 3 is 2.12 bits per heavy atom. The second kappa shape index (κ2) is 14.2. The number of aliphatic carboxylic acids is 3. The van der Waals surface area contributed by atoms with Crippen molar-refractivity contribution >= 4 is 23.6 Å². The molecule has 0 bridgehead atoms. The molecule has 0 spiro atoms. The molecule has 1 aliphatic carbocycles. The Morgan fingerprint density at radius 1 is 0.930 bits per heavy atom. The summed E-state index contributed by atoms with van der Waals surface area (Å²) in [5.41, 5.74) is 1.06. The van der Waals surface area contributed by atoms with Gasteiger partial charge in [-0.2, -0.15) is 0 Å². The number of hydrogen-bond acceptors (Lipinski definition) is 11. The van der Waals surface area contributed by atoms with E-state index in [1.165, 1.54) is 0 Å². The molecule has 0 radical (unpaired) electrons. The monoisotopic (exact) mass is 604 g/mol. The molecular weight excluding hydrogens is 568 g/mol. The molecule has 14 nitrogen and oxygen atoms in total. The standard InChI is InChI=1S/C23H28N2O5.C6H8O7/c1-5-30-20-10-15-16-9-14(26)6-7-18(16)25-22(17(15)11-19(20)27-2)13-8-21(28-3)23(29-4)24-12-13;7-3(8)1-6(13,5(11)12)2-4(9)10/h8,10-12,14,16,18,26H,5-7,9H2,1-4H3;13H,1-2H2,(H,7,8)(H,9,10)(H,11,12)/t14-,16-,18-;/m1./s1. The van der Waals surface area contributed by atoms with Crippen LogP contribution in [0.1, 0.15) is 61.6 Å². The summed E-state index contributed by atoms with van der Waals surface area (Å²) in [6, 6.07) is 6.03. The highest BCUT2D eigenvalue weighted by atomic mass is 16.5. The fourth-order valence-corrected chi connectivity index (χ4v) is 5.18. The molecular formula is C29H36N2O12. The first kappa shape index (κ1) is 33.1. The summed E-state index contributed by atoms with van der Waals surface area (Å²) in [7, 11) is 4.79. The zero-order valence-electron chi connectivity index (χ0n) is 24.3. The zero-order chi connectivity index (χ0) is 31.9. The van der Waals surface area contributed by atoms with Crippen molar-refractivity contribution in [2.24, 2.45) is 4.99 Å². The van der Waals surface area contributed by atoms with E-state index < -0.39 is 36.4 Å². The molecule has 3 atom stereocenters. The average Bonchev–Trinajstić information content (AvgIpc) is 2.95. The smallest absolute Gasteiger partial charge is 0.336 e. The number of fused-ring (bicyclic) bond motifs is 3. The minimum Gasteiger partial charge on any atom is -0.493 e. The molecule has 5 N–H and O–H groups in total. The number of aliphatic imine (C=N–C) groups is 1. The first-order chi connectivity index (χ1) is 20.4. The van der Waals surface area contributed by atoms with Gasteiger partial charge >= 0.3 is 17.9 Å². The van der Waals surface area contributed by atoms with E-state index >= 15 is 0 Å². The highest BCUT2D eigenvalue weighted by Crippen LogP contribution is 2.45. The predicted octanol–water partition coefficient (Wildman–Crippen LogP) is 2.11. The molecule has 1 aliphatic heterocycles. The summed E-state index contributed by atoms with van der Waals surface area (Å²) in [6.45, 7) is 2.50. The van der Waals surface area contributed by atoms with Gasteiger partial charge in [-0.1, -0.05) is 0 Å². The van der Waals surface area contributed by atoms with E-state index in [1.807, 2.05) is 19.1 Å². The Morgan fingerprint density at radius 2 is 1.58 bits per heavy atom. The van der Waals surface area contributed by atoms with E-state index in [2.05, 4.69) is 11.1 Å². The van der Waals surface area contributed by atoms with Crippen LogP contribution in [0, 0.1) is 0 Å². The van der Waals surface area contributed by atoms with E-state index in [0.717, 1.165) is 35.2 Å². The van der Waals surface area contributed by atoms with Gasteiger partial charge in [0.25, 0.3) is 5.88 Å². The Kier molecular flexibility index (Phi) is 10.9. The van der Waals surface area contributed by atoms with E-state index in [9.17, 15) is 19.5 Å². The minimum atomic E-state index is -2.74. The van der Waals surface area contributed by atoms with Crippen LogP contribution >= 0.6 is 0 Å². The lowest BCUT2D eigenvalue weighted by Gasteiger charge is -2.37. The van der Waals surface area contributed by atoms with Crippen LogP contribution in [0.25, 0.3) is 0 Å². The number of benzene rings is 1. The molecule has 0 saturated heterocycles. The zero-order valence-corrected chi connectivity index (χ0v) is 24.3. The lowest BCUT2D eigenvalue weighted by atomic mass is 9.74. The Labute approximate surface area is 247 Å². The average molecular weight is 605 g/mol. The molecule has 1 saturated carbocycles. The maximum atomic E-state index is 10.3. The van der Waals surface area contributed by atoms with Crippen molar-refractivity contribution in [3.05, 3.63) is 41.1 Å². The van der Waals surface area contributed by atoms with Gasteiger partial charge in [0.15, 0.2) is 22.8 Å². The van der Waals surface area contributed by atoms with Gasteiger partial charge in [-0.25, -0.2) is 9.78 Å². The van der Waals surface area contributed by atoms with Crippen molar-refractivity contribution in [2.45, 2.75) is 62.7 Å². The van der Waals surface area contributed by atoms with Gasteiger partial charge in [0, 0.05) is 23.2 Å². The quantitative estimate of drug-likeness (QED) is 0.249. The molecule has 1 aromatic heterocycles. The third kappa shape index (κ3) is 7.70. The minimum absolute atomic E-state index is 0.104. The van der Waals surface area contributed by atoms with Crippen LogP contribution in [0.2, 0.25) is 0 Å². The first-order valence-electron chi connectivity index (χ1n) is 13.5. The summed E-state index contributed by atoms with van der Waals surface area (Å²) in [5.74, 6) is -2.52.